The van der Waals surface area contributed by atoms with E-state index in [0.717, 1.165) is 22.6 Å². The van der Waals surface area contributed by atoms with E-state index in [4.69, 9.17) is 9.26 Å². The molecule has 0 aliphatic carbocycles. The molecule has 144 valence electrons. The lowest BCUT2D eigenvalue weighted by Gasteiger charge is -2.26. The number of carbonyl (C=O) groups excluding carboxylic acids is 1. The van der Waals surface area contributed by atoms with Gasteiger partial charge in [0.25, 0.3) is 0 Å². The van der Waals surface area contributed by atoms with E-state index < -0.39 is 0 Å². The van der Waals surface area contributed by atoms with E-state index in [-0.39, 0.29) is 11.7 Å². The highest BCUT2D eigenvalue weighted by molar-refractivity contribution is 5.76. The molecule has 4 rings (SSSR count). The lowest BCUT2D eigenvalue weighted by Crippen LogP contribution is -2.36. The number of rotatable bonds is 6. The van der Waals surface area contributed by atoms with Gasteiger partial charge in [-0.3, -0.25) is 4.79 Å². The summed E-state index contributed by atoms with van der Waals surface area (Å²) in [6, 6.07) is 15.7. The quantitative estimate of drug-likeness (QED) is 0.601. The third-order valence-electron chi connectivity index (χ3n) is 4.85. The van der Waals surface area contributed by atoms with Crippen molar-refractivity contribution in [1.29, 1.82) is 0 Å². The van der Waals surface area contributed by atoms with E-state index in [1.165, 1.54) is 12.1 Å². The van der Waals surface area contributed by atoms with Crippen LogP contribution in [-0.2, 0) is 17.8 Å². The van der Waals surface area contributed by atoms with Crippen molar-refractivity contribution < 1.29 is 18.4 Å². The second-order valence-electron chi connectivity index (χ2n) is 6.77. The molecule has 3 aromatic rings. The summed E-state index contributed by atoms with van der Waals surface area (Å²) in [5.74, 6) is 1.28. The van der Waals surface area contributed by atoms with Crippen LogP contribution in [0.4, 0.5) is 4.39 Å². The van der Waals surface area contributed by atoms with Crippen molar-refractivity contribution in [2.45, 2.75) is 25.8 Å². The summed E-state index contributed by atoms with van der Waals surface area (Å²) in [7, 11) is 0. The third kappa shape index (κ3) is 4.06. The van der Waals surface area contributed by atoms with E-state index in [1.54, 1.807) is 12.1 Å². The van der Waals surface area contributed by atoms with E-state index >= 15 is 0 Å². The van der Waals surface area contributed by atoms with Gasteiger partial charge in [0.15, 0.2) is 5.76 Å². The minimum Gasteiger partial charge on any atom is -0.494 e. The Kier molecular flexibility index (Phi) is 5.37. The highest BCUT2D eigenvalue weighted by Crippen LogP contribution is 2.30. The molecule has 0 fully saturated rings. The molecule has 2 aromatic carbocycles. The van der Waals surface area contributed by atoms with Crippen molar-refractivity contribution in [3.8, 4) is 17.1 Å². The lowest BCUT2D eigenvalue weighted by molar-refractivity contribution is -0.132. The zero-order valence-electron chi connectivity index (χ0n) is 15.4. The van der Waals surface area contributed by atoms with Crippen LogP contribution < -0.4 is 4.74 Å². The second-order valence-corrected chi connectivity index (χ2v) is 6.77. The van der Waals surface area contributed by atoms with Crippen LogP contribution in [-0.4, -0.2) is 29.1 Å². The standard InChI is InChI=1S/C22H21FN2O3/c23-17-10-8-16(9-11-17)22-19-12-13-25(15-20(19)24-28-22)21(26)7-4-14-27-18-5-2-1-3-6-18/h1-3,5-6,8-11H,4,7,12-15H2. The number of hydrogen-bond acceptors (Lipinski definition) is 4. The van der Waals surface area contributed by atoms with Gasteiger partial charge < -0.3 is 14.2 Å². The Morgan fingerprint density at radius 2 is 1.93 bits per heavy atom. The van der Waals surface area contributed by atoms with Gasteiger partial charge in [0.1, 0.15) is 17.3 Å². The Bertz CT molecular complexity index is 938. The van der Waals surface area contributed by atoms with Gasteiger partial charge in [0.2, 0.25) is 5.91 Å². The average molecular weight is 380 g/mol. The van der Waals surface area contributed by atoms with Crippen LogP contribution in [0.3, 0.4) is 0 Å². The van der Waals surface area contributed by atoms with Crippen molar-refractivity contribution in [1.82, 2.24) is 10.1 Å². The van der Waals surface area contributed by atoms with Crippen LogP contribution >= 0.6 is 0 Å². The third-order valence-corrected chi connectivity index (χ3v) is 4.85. The first-order chi connectivity index (χ1) is 13.7. The van der Waals surface area contributed by atoms with Crippen molar-refractivity contribution in [2.24, 2.45) is 0 Å². The summed E-state index contributed by atoms with van der Waals surface area (Å²) >= 11 is 0. The number of halogens is 1. The first-order valence-corrected chi connectivity index (χ1v) is 9.39. The lowest BCUT2D eigenvalue weighted by atomic mass is 10.0. The van der Waals surface area contributed by atoms with Crippen LogP contribution in [0.1, 0.15) is 24.1 Å². The van der Waals surface area contributed by atoms with Gasteiger partial charge in [-0.25, -0.2) is 4.39 Å². The van der Waals surface area contributed by atoms with Gasteiger partial charge in [0.05, 0.1) is 13.2 Å². The Morgan fingerprint density at radius 3 is 2.71 bits per heavy atom. The molecule has 2 heterocycles. The van der Waals surface area contributed by atoms with Gasteiger partial charge in [0, 0.05) is 24.1 Å². The number of carbonyl (C=O) groups is 1. The molecule has 0 unspecified atom stereocenters. The predicted molar refractivity (Wildman–Crippen MR) is 102 cm³/mol. The fourth-order valence-electron chi connectivity index (χ4n) is 3.36. The van der Waals surface area contributed by atoms with Gasteiger partial charge in [-0.15, -0.1) is 0 Å². The number of hydrogen-bond donors (Lipinski definition) is 0. The molecule has 6 heteroatoms. The van der Waals surface area contributed by atoms with Crippen LogP contribution in [0.5, 0.6) is 5.75 Å². The van der Waals surface area contributed by atoms with E-state index in [0.29, 0.717) is 44.7 Å². The fraction of sp³-hybridized carbons (Fsp3) is 0.273. The number of fused-ring (bicyclic) bond motifs is 1. The van der Waals surface area contributed by atoms with Crippen LogP contribution in [0.15, 0.2) is 59.1 Å². The maximum absolute atomic E-state index is 13.1. The summed E-state index contributed by atoms with van der Waals surface area (Å²) in [5.41, 5.74) is 2.58. The van der Waals surface area contributed by atoms with Gasteiger partial charge in [-0.05, 0) is 49.2 Å². The largest absolute Gasteiger partial charge is 0.494 e. The van der Waals surface area contributed by atoms with E-state index in [2.05, 4.69) is 5.16 Å². The Hall–Kier alpha value is -3.15. The Labute approximate surface area is 162 Å². The molecule has 5 nitrogen and oxygen atoms in total. The molecule has 0 saturated heterocycles. The van der Waals surface area contributed by atoms with Crippen LogP contribution in [0, 0.1) is 5.82 Å². The van der Waals surface area contributed by atoms with Crippen molar-refractivity contribution >= 4 is 5.91 Å². The molecular weight excluding hydrogens is 359 g/mol. The maximum atomic E-state index is 13.1. The average Bonchev–Trinajstić information content (AvgIpc) is 3.15. The number of amides is 1. The highest BCUT2D eigenvalue weighted by atomic mass is 19.1. The normalized spacial score (nSPS) is 13.2. The first kappa shape index (κ1) is 18.2. The molecule has 0 N–H and O–H groups in total. The molecule has 1 aliphatic heterocycles. The zero-order chi connectivity index (χ0) is 19.3. The Balaban J connectivity index is 1.31. The highest BCUT2D eigenvalue weighted by Gasteiger charge is 2.27. The molecule has 0 spiro atoms. The number of benzene rings is 2. The molecule has 1 aliphatic rings. The zero-order valence-corrected chi connectivity index (χ0v) is 15.4. The van der Waals surface area contributed by atoms with Gasteiger partial charge in [-0.2, -0.15) is 0 Å². The SMILES string of the molecule is O=C(CCCOc1ccccc1)N1CCc2c(noc2-c2ccc(F)cc2)C1. The first-order valence-electron chi connectivity index (χ1n) is 9.39. The molecule has 0 atom stereocenters. The van der Waals surface area contributed by atoms with Crippen molar-refractivity contribution in [3.63, 3.8) is 0 Å². The smallest absolute Gasteiger partial charge is 0.223 e. The molecule has 0 saturated carbocycles. The summed E-state index contributed by atoms with van der Waals surface area (Å²) < 4.78 is 24.3. The second kappa shape index (κ2) is 8.25. The molecule has 1 aromatic heterocycles. The topological polar surface area (TPSA) is 55.6 Å². The molecule has 0 bridgehead atoms. The van der Waals surface area contributed by atoms with Crippen LogP contribution in [0.2, 0.25) is 0 Å². The molecule has 0 radical (unpaired) electrons. The summed E-state index contributed by atoms with van der Waals surface area (Å²) in [5, 5.41) is 4.14. The molecular formula is C22H21FN2O3. The summed E-state index contributed by atoms with van der Waals surface area (Å²) in [6.45, 7) is 1.58. The van der Waals surface area contributed by atoms with Crippen LogP contribution in [0.25, 0.3) is 11.3 Å². The number of para-hydroxylation sites is 1. The predicted octanol–water partition coefficient (Wildman–Crippen LogP) is 4.22. The minimum atomic E-state index is -0.287. The van der Waals surface area contributed by atoms with Crippen molar-refractivity contribution in [2.75, 3.05) is 13.2 Å². The van der Waals surface area contributed by atoms with E-state index in [9.17, 15) is 9.18 Å². The monoisotopic (exact) mass is 380 g/mol. The number of nitrogens with zero attached hydrogens (tertiary/aromatic N) is 2. The minimum absolute atomic E-state index is 0.0913. The summed E-state index contributed by atoms with van der Waals surface area (Å²) in [6.07, 6.45) is 1.78. The van der Waals surface area contributed by atoms with E-state index in [1.807, 2.05) is 35.2 Å². The number of aromatic nitrogens is 1. The number of ether oxygens (including phenoxy) is 1. The van der Waals surface area contributed by atoms with Crippen molar-refractivity contribution in [3.05, 3.63) is 71.7 Å². The van der Waals surface area contributed by atoms with Gasteiger partial charge in [-0.1, -0.05) is 23.4 Å². The molecule has 28 heavy (non-hydrogen) atoms. The fourth-order valence-corrected chi connectivity index (χ4v) is 3.36. The summed E-state index contributed by atoms with van der Waals surface area (Å²) in [4.78, 5) is 14.3. The maximum Gasteiger partial charge on any atom is 0.223 e. The van der Waals surface area contributed by atoms with Gasteiger partial charge >= 0.3 is 0 Å². The molecule has 1 amide bonds. The Morgan fingerprint density at radius 1 is 1.14 bits per heavy atom.